The lowest BCUT2D eigenvalue weighted by atomic mass is 10.2. The number of aromatic amines is 1. The van der Waals surface area contributed by atoms with Crippen LogP contribution >= 0.6 is 0 Å². The fourth-order valence-corrected chi connectivity index (χ4v) is 1.70. The van der Waals surface area contributed by atoms with Crippen molar-refractivity contribution in [2.45, 2.75) is 26.2 Å². The predicted molar refractivity (Wildman–Crippen MR) is 58.6 cm³/mol. The second-order valence-electron chi connectivity index (χ2n) is 3.64. The van der Waals surface area contributed by atoms with Gasteiger partial charge in [-0.25, -0.2) is 0 Å². The third-order valence-corrected chi connectivity index (χ3v) is 2.50. The van der Waals surface area contributed by atoms with E-state index in [2.05, 4.69) is 11.9 Å². The first-order chi connectivity index (χ1) is 6.81. The molecule has 0 saturated carbocycles. The van der Waals surface area contributed by atoms with Crippen LogP contribution in [0.25, 0.3) is 10.9 Å². The van der Waals surface area contributed by atoms with Crippen LogP contribution in [0.3, 0.4) is 0 Å². The molecule has 0 radical (unpaired) electrons. The predicted octanol–water partition coefficient (Wildman–Crippen LogP) is 3.22. The topological polar surface area (TPSA) is 36.0 Å². The van der Waals surface area contributed by atoms with E-state index in [0.717, 1.165) is 17.3 Å². The van der Waals surface area contributed by atoms with Crippen molar-refractivity contribution in [3.63, 3.8) is 0 Å². The van der Waals surface area contributed by atoms with Crippen LogP contribution in [0.4, 0.5) is 0 Å². The summed E-state index contributed by atoms with van der Waals surface area (Å²) in [5, 5.41) is 10.5. The molecule has 0 amide bonds. The number of rotatable bonds is 3. The van der Waals surface area contributed by atoms with Gasteiger partial charge in [0.15, 0.2) is 0 Å². The van der Waals surface area contributed by atoms with Gasteiger partial charge in [-0.05, 0) is 31.0 Å². The van der Waals surface area contributed by atoms with Crippen molar-refractivity contribution in [3.05, 3.63) is 30.0 Å². The molecule has 0 atom stereocenters. The van der Waals surface area contributed by atoms with Crippen LogP contribution in [-0.4, -0.2) is 10.1 Å². The Morgan fingerprint density at radius 1 is 1.36 bits per heavy atom. The number of phenolic OH excluding ortho intramolecular Hbond substituents is 1. The Morgan fingerprint density at radius 3 is 2.93 bits per heavy atom. The number of aryl methyl sites for hydroxylation is 1. The SMILES string of the molecule is CCCCc1cc2c(O)cccc2[nH]1. The summed E-state index contributed by atoms with van der Waals surface area (Å²) in [4.78, 5) is 3.31. The van der Waals surface area contributed by atoms with Gasteiger partial charge in [-0.15, -0.1) is 0 Å². The number of nitrogens with one attached hydrogen (secondary N) is 1. The van der Waals surface area contributed by atoms with Crippen LogP contribution in [0, 0.1) is 0 Å². The van der Waals surface area contributed by atoms with Gasteiger partial charge in [0.2, 0.25) is 0 Å². The van der Waals surface area contributed by atoms with Crippen molar-refractivity contribution in [3.8, 4) is 5.75 Å². The summed E-state index contributed by atoms with van der Waals surface area (Å²) in [5.74, 6) is 0.362. The van der Waals surface area contributed by atoms with E-state index in [9.17, 15) is 5.11 Å². The third-order valence-electron chi connectivity index (χ3n) is 2.50. The standard InChI is InChI=1S/C12H15NO/c1-2-3-5-9-8-10-11(13-9)6-4-7-12(10)14/h4,6-8,13-14H,2-3,5H2,1H3. The molecule has 0 aliphatic carbocycles. The number of hydrogen-bond acceptors (Lipinski definition) is 1. The summed E-state index contributed by atoms with van der Waals surface area (Å²) >= 11 is 0. The average molecular weight is 189 g/mol. The first-order valence-corrected chi connectivity index (χ1v) is 5.11. The van der Waals surface area contributed by atoms with E-state index >= 15 is 0 Å². The van der Waals surface area contributed by atoms with Crippen LogP contribution in [0.15, 0.2) is 24.3 Å². The lowest BCUT2D eigenvalue weighted by Crippen LogP contribution is -1.82. The Bertz CT molecular complexity index is 431. The highest BCUT2D eigenvalue weighted by atomic mass is 16.3. The van der Waals surface area contributed by atoms with Gasteiger partial charge < -0.3 is 10.1 Å². The minimum Gasteiger partial charge on any atom is -0.507 e. The highest BCUT2D eigenvalue weighted by Crippen LogP contribution is 2.25. The number of H-pyrrole nitrogens is 1. The summed E-state index contributed by atoms with van der Waals surface area (Å²) in [6.45, 7) is 2.18. The van der Waals surface area contributed by atoms with E-state index in [-0.39, 0.29) is 0 Å². The molecule has 0 fully saturated rings. The van der Waals surface area contributed by atoms with Crippen molar-refractivity contribution < 1.29 is 5.11 Å². The Hall–Kier alpha value is -1.44. The molecule has 1 aromatic carbocycles. The van der Waals surface area contributed by atoms with Crippen LogP contribution in [0.2, 0.25) is 0 Å². The van der Waals surface area contributed by atoms with E-state index in [0.29, 0.717) is 5.75 Å². The van der Waals surface area contributed by atoms with E-state index in [4.69, 9.17) is 0 Å². The quantitative estimate of drug-likeness (QED) is 0.764. The van der Waals surface area contributed by atoms with Crippen LogP contribution in [-0.2, 0) is 6.42 Å². The lowest BCUT2D eigenvalue weighted by Gasteiger charge is -1.92. The summed E-state index contributed by atoms with van der Waals surface area (Å²) in [6.07, 6.45) is 3.44. The van der Waals surface area contributed by atoms with Crippen molar-refractivity contribution in [1.82, 2.24) is 4.98 Å². The van der Waals surface area contributed by atoms with Crippen molar-refractivity contribution in [2.75, 3.05) is 0 Å². The molecule has 14 heavy (non-hydrogen) atoms. The van der Waals surface area contributed by atoms with Gasteiger partial charge >= 0.3 is 0 Å². The molecule has 2 heteroatoms. The number of aromatic nitrogens is 1. The minimum atomic E-state index is 0.362. The fraction of sp³-hybridized carbons (Fsp3) is 0.333. The molecule has 0 aliphatic heterocycles. The Morgan fingerprint density at radius 2 is 2.21 bits per heavy atom. The maximum Gasteiger partial charge on any atom is 0.124 e. The zero-order valence-corrected chi connectivity index (χ0v) is 8.38. The molecule has 0 spiro atoms. The summed E-state index contributed by atoms with van der Waals surface area (Å²) in [7, 11) is 0. The normalized spacial score (nSPS) is 10.9. The summed E-state index contributed by atoms with van der Waals surface area (Å²) in [6, 6.07) is 7.61. The molecule has 1 aromatic heterocycles. The van der Waals surface area contributed by atoms with Gasteiger partial charge in [0.25, 0.3) is 0 Å². The molecular weight excluding hydrogens is 174 g/mol. The average Bonchev–Trinajstić information content (AvgIpc) is 2.59. The van der Waals surface area contributed by atoms with Gasteiger partial charge in [0, 0.05) is 16.6 Å². The van der Waals surface area contributed by atoms with Crippen molar-refractivity contribution in [2.24, 2.45) is 0 Å². The first-order valence-electron chi connectivity index (χ1n) is 5.11. The molecule has 2 nitrogen and oxygen atoms in total. The van der Waals surface area contributed by atoms with E-state index in [1.54, 1.807) is 6.07 Å². The van der Waals surface area contributed by atoms with E-state index in [1.807, 2.05) is 18.2 Å². The molecular formula is C12H15NO. The van der Waals surface area contributed by atoms with Gasteiger partial charge in [0.05, 0.1) is 0 Å². The number of phenols is 1. The van der Waals surface area contributed by atoms with Gasteiger partial charge in [-0.2, -0.15) is 0 Å². The smallest absolute Gasteiger partial charge is 0.124 e. The molecule has 2 rings (SSSR count). The maximum atomic E-state index is 9.59. The maximum absolute atomic E-state index is 9.59. The molecule has 0 aliphatic rings. The monoisotopic (exact) mass is 189 g/mol. The second kappa shape index (κ2) is 3.74. The Labute approximate surface area is 83.6 Å². The first kappa shape index (κ1) is 9.13. The van der Waals surface area contributed by atoms with Crippen LogP contribution < -0.4 is 0 Å². The Balaban J connectivity index is 2.36. The minimum absolute atomic E-state index is 0.362. The third kappa shape index (κ3) is 1.60. The molecule has 0 saturated heterocycles. The molecule has 2 aromatic rings. The largest absolute Gasteiger partial charge is 0.507 e. The van der Waals surface area contributed by atoms with Crippen LogP contribution in [0.5, 0.6) is 5.75 Å². The van der Waals surface area contributed by atoms with Crippen molar-refractivity contribution in [1.29, 1.82) is 0 Å². The second-order valence-corrected chi connectivity index (χ2v) is 3.64. The number of aromatic hydroxyl groups is 1. The highest BCUT2D eigenvalue weighted by Gasteiger charge is 2.03. The lowest BCUT2D eigenvalue weighted by molar-refractivity contribution is 0.481. The van der Waals surface area contributed by atoms with E-state index < -0.39 is 0 Å². The number of fused-ring (bicyclic) bond motifs is 1. The van der Waals surface area contributed by atoms with Crippen LogP contribution in [0.1, 0.15) is 25.5 Å². The molecule has 2 N–H and O–H groups in total. The highest BCUT2D eigenvalue weighted by molar-refractivity contribution is 5.86. The zero-order valence-electron chi connectivity index (χ0n) is 8.38. The number of unbranched alkanes of at least 4 members (excludes halogenated alkanes) is 1. The van der Waals surface area contributed by atoms with Crippen molar-refractivity contribution >= 4 is 10.9 Å². The number of benzene rings is 1. The molecule has 0 unspecified atom stereocenters. The molecule has 0 bridgehead atoms. The fourth-order valence-electron chi connectivity index (χ4n) is 1.70. The molecule has 74 valence electrons. The number of hydrogen-bond donors (Lipinski definition) is 2. The van der Waals surface area contributed by atoms with Gasteiger partial charge in [-0.1, -0.05) is 19.4 Å². The van der Waals surface area contributed by atoms with Gasteiger partial charge in [-0.3, -0.25) is 0 Å². The summed E-state index contributed by atoms with van der Waals surface area (Å²) in [5.41, 5.74) is 2.24. The Kier molecular flexibility index (Phi) is 2.44. The molecule has 1 heterocycles. The zero-order chi connectivity index (χ0) is 9.97. The summed E-state index contributed by atoms with van der Waals surface area (Å²) < 4.78 is 0. The van der Waals surface area contributed by atoms with E-state index in [1.165, 1.54) is 18.5 Å². The van der Waals surface area contributed by atoms with Gasteiger partial charge in [0.1, 0.15) is 5.75 Å².